The minimum Gasteiger partial charge on any atom is -0.438 e. The molecule has 3 nitrogen and oxygen atoms in total. The molecule has 0 atom stereocenters. The van der Waals surface area contributed by atoms with Gasteiger partial charge in [0.15, 0.2) is 0 Å². The average Bonchev–Trinajstić information content (AvgIpc) is 2.46. The van der Waals surface area contributed by atoms with E-state index in [1.165, 1.54) is 0 Å². The third-order valence-electron chi connectivity index (χ3n) is 3.15. The van der Waals surface area contributed by atoms with Crippen molar-refractivity contribution in [1.29, 1.82) is 0 Å². The number of fused-ring (bicyclic) bond motifs is 1. The predicted molar refractivity (Wildman–Crippen MR) is 85.1 cm³/mol. The summed E-state index contributed by atoms with van der Waals surface area (Å²) < 4.78 is 6.86. The fraction of sp³-hybridized carbons (Fsp3) is 0.0625. The Hall–Kier alpha value is -2.07. The number of nitrogens with two attached hydrogens (primary N) is 1. The molecule has 100 valence electrons. The number of aromatic nitrogens is 1. The minimum atomic E-state index is 0.570. The lowest BCUT2D eigenvalue weighted by Crippen LogP contribution is -1.92. The van der Waals surface area contributed by atoms with E-state index in [1.54, 1.807) is 6.20 Å². The predicted octanol–water partition coefficient (Wildman–Crippen LogP) is 4.68. The zero-order valence-corrected chi connectivity index (χ0v) is 12.5. The second-order valence-corrected chi connectivity index (χ2v) is 5.43. The van der Waals surface area contributed by atoms with Crippen molar-refractivity contribution in [3.63, 3.8) is 0 Å². The van der Waals surface area contributed by atoms with Crippen LogP contribution in [0, 0.1) is 6.92 Å². The quantitative estimate of drug-likeness (QED) is 0.695. The molecule has 2 N–H and O–H groups in total. The van der Waals surface area contributed by atoms with Crippen LogP contribution in [0.5, 0.6) is 11.6 Å². The molecule has 0 fully saturated rings. The van der Waals surface area contributed by atoms with Crippen molar-refractivity contribution >= 4 is 32.4 Å². The van der Waals surface area contributed by atoms with Crippen molar-refractivity contribution in [3.8, 4) is 11.6 Å². The lowest BCUT2D eigenvalue weighted by molar-refractivity contribution is 0.467. The molecule has 0 saturated carbocycles. The van der Waals surface area contributed by atoms with Crippen molar-refractivity contribution in [3.05, 3.63) is 58.7 Å². The lowest BCUT2D eigenvalue weighted by atomic mass is 10.1. The summed E-state index contributed by atoms with van der Waals surface area (Å²) in [4.78, 5) is 4.26. The Kier molecular flexibility index (Phi) is 3.32. The van der Waals surface area contributed by atoms with Gasteiger partial charge in [-0.05, 0) is 40.5 Å². The number of nitrogen functional groups attached to an aromatic ring is 1. The molecule has 0 aliphatic carbocycles. The van der Waals surface area contributed by atoms with Crippen LogP contribution in [0.15, 0.2) is 53.1 Å². The van der Waals surface area contributed by atoms with Gasteiger partial charge in [0.25, 0.3) is 0 Å². The number of aryl methyl sites for hydroxylation is 1. The summed E-state index contributed by atoms with van der Waals surface area (Å²) in [5.74, 6) is 1.32. The van der Waals surface area contributed by atoms with Crippen molar-refractivity contribution in [2.45, 2.75) is 6.92 Å². The molecule has 0 amide bonds. The van der Waals surface area contributed by atoms with Crippen LogP contribution in [0.4, 0.5) is 5.69 Å². The van der Waals surface area contributed by atoms with Crippen LogP contribution in [0.1, 0.15) is 5.56 Å². The van der Waals surface area contributed by atoms with Gasteiger partial charge in [-0.25, -0.2) is 4.98 Å². The Morgan fingerprint density at radius 1 is 1.10 bits per heavy atom. The maximum atomic E-state index is 5.99. The highest BCUT2D eigenvalue weighted by molar-refractivity contribution is 9.10. The van der Waals surface area contributed by atoms with Crippen molar-refractivity contribution in [1.82, 2.24) is 4.98 Å². The average molecular weight is 329 g/mol. The standard InChI is InChI=1S/C16H13BrN2O/c1-10-8-16(19-9-13(10)17)20-15-7-6-14(18)11-4-2-3-5-12(11)15/h2-9H,18H2,1H3. The Morgan fingerprint density at radius 2 is 1.85 bits per heavy atom. The molecule has 0 bridgehead atoms. The van der Waals surface area contributed by atoms with Gasteiger partial charge in [-0.15, -0.1) is 0 Å². The molecule has 3 rings (SSSR count). The smallest absolute Gasteiger partial charge is 0.219 e. The first-order valence-electron chi connectivity index (χ1n) is 6.22. The second kappa shape index (κ2) is 5.13. The van der Waals surface area contributed by atoms with Crippen LogP contribution in [0.2, 0.25) is 0 Å². The third-order valence-corrected chi connectivity index (χ3v) is 3.98. The fourth-order valence-electron chi connectivity index (χ4n) is 2.07. The largest absolute Gasteiger partial charge is 0.438 e. The summed E-state index contributed by atoms with van der Waals surface area (Å²) in [6.45, 7) is 2.00. The number of hydrogen-bond donors (Lipinski definition) is 1. The lowest BCUT2D eigenvalue weighted by Gasteiger charge is -2.10. The van der Waals surface area contributed by atoms with Gasteiger partial charge in [-0.1, -0.05) is 24.3 Å². The summed E-state index contributed by atoms with van der Waals surface area (Å²) in [5.41, 5.74) is 7.81. The van der Waals surface area contributed by atoms with Crippen LogP contribution in [-0.2, 0) is 0 Å². The van der Waals surface area contributed by atoms with Crippen LogP contribution in [-0.4, -0.2) is 4.98 Å². The highest BCUT2D eigenvalue weighted by Gasteiger charge is 2.07. The first kappa shape index (κ1) is 12.9. The van der Waals surface area contributed by atoms with Gasteiger partial charge in [-0.3, -0.25) is 0 Å². The molecule has 1 aromatic heterocycles. The topological polar surface area (TPSA) is 48.1 Å². The van der Waals surface area contributed by atoms with E-state index in [2.05, 4.69) is 20.9 Å². The summed E-state index contributed by atoms with van der Waals surface area (Å²) >= 11 is 3.43. The SMILES string of the molecule is Cc1cc(Oc2ccc(N)c3ccccc23)ncc1Br. The number of ether oxygens (including phenoxy) is 1. The van der Waals surface area contributed by atoms with Gasteiger partial charge in [0, 0.05) is 33.2 Å². The highest BCUT2D eigenvalue weighted by Crippen LogP contribution is 2.33. The Balaban J connectivity index is 2.06. The van der Waals surface area contributed by atoms with E-state index in [4.69, 9.17) is 10.5 Å². The summed E-state index contributed by atoms with van der Waals surface area (Å²) in [7, 11) is 0. The van der Waals surface area contributed by atoms with E-state index >= 15 is 0 Å². The van der Waals surface area contributed by atoms with Crippen molar-refractivity contribution in [2.75, 3.05) is 5.73 Å². The Bertz CT molecular complexity index is 787. The van der Waals surface area contributed by atoms with Gasteiger partial charge >= 0.3 is 0 Å². The van der Waals surface area contributed by atoms with E-state index in [0.717, 1.165) is 32.2 Å². The Morgan fingerprint density at radius 3 is 2.60 bits per heavy atom. The zero-order valence-electron chi connectivity index (χ0n) is 10.9. The zero-order chi connectivity index (χ0) is 14.1. The van der Waals surface area contributed by atoms with Crippen LogP contribution in [0.25, 0.3) is 10.8 Å². The molecule has 2 aromatic carbocycles. The third kappa shape index (κ3) is 2.34. The molecule has 3 aromatic rings. The minimum absolute atomic E-state index is 0.570. The summed E-state index contributed by atoms with van der Waals surface area (Å²) in [6.07, 6.45) is 1.74. The number of pyridine rings is 1. The van der Waals surface area contributed by atoms with Crippen LogP contribution >= 0.6 is 15.9 Å². The molecular weight excluding hydrogens is 316 g/mol. The van der Waals surface area contributed by atoms with E-state index in [9.17, 15) is 0 Å². The first-order valence-corrected chi connectivity index (χ1v) is 7.01. The summed E-state index contributed by atoms with van der Waals surface area (Å²) in [6, 6.07) is 13.5. The number of hydrogen-bond acceptors (Lipinski definition) is 3. The number of halogens is 1. The maximum absolute atomic E-state index is 5.99. The van der Waals surface area contributed by atoms with Gasteiger partial charge in [0.05, 0.1) is 0 Å². The molecule has 20 heavy (non-hydrogen) atoms. The maximum Gasteiger partial charge on any atom is 0.219 e. The van der Waals surface area contributed by atoms with Crippen molar-refractivity contribution < 1.29 is 4.74 Å². The number of rotatable bonds is 2. The molecule has 1 heterocycles. The van der Waals surface area contributed by atoms with E-state index in [0.29, 0.717) is 5.88 Å². The molecule has 0 saturated heterocycles. The van der Waals surface area contributed by atoms with Gasteiger partial charge in [0.2, 0.25) is 5.88 Å². The first-order chi connectivity index (χ1) is 9.65. The second-order valence-electron chi connectivity index (χ2n) is 4.57. The van der Waals surface area contributed by atoms with Crippen molar-refractivity contribution in [2.24, 2.45) is 0 Å². The highest BCUT2D eigenvalue weighted by atomic mass is 79.9. The number of anilines is 1. The molecule has 0 radical (unpaired) electrons. The number of nitrogens with zero attached hydrogens (tertiary/aromatic N) is 1. The van der Waals surface area contributed by atoms with E-state index < -0.39 is 0 Å². The van der Waals surface area contributed by atoms with Crippen LogP contribution in [0.3, 0.4) is 0 Å². The summed E-state index contributed by atoms with van der Waals surface area (Å²) in [5, 5.41) is 1.97. The van der Waals surface area contributed by atoms with Gasteiger partial charge < -0.3 is 10.5 Å². The van der Waals surface area contributed by atoms with E-state index in [-0.39, 0.29) is 0 Å². The van der Waals surface area contributed by atoms with E-state index in [1.807, 2.05) is 49.4 Å². The van der Waals surface area contributed by atoms with Gasteiger partial charge in [0.1, 0.15) is 5.75 Å². The van der Waals surface area contributed by atoms with Crippen LogP contribution < -0.4 is 10.5 Å². The number of benzene rings is 2. The molecule has 0 aliphatic heterocycles. The molecular formula is C16H13BrN2O. The normalized spacial score (nSPS) is 10.7. The molecule has 0 unspecified atom stereocenters. The monoisotopic (exact) mass is 328 g/mol. The fourth-order valence-corrected chi connectivity index (χ4v) is 2.28. The molecule has 0 spiro atoms. The Labute approximate surface area is 125 Å². The molecule has 4 heteroatoms. The van der Waals surface area contributed by atoms with Gasteiger partial charge in [-0.2, -0.15) is 0 Å². The molecule has 0 aliphatic rings.